The van der Waals surface area contributed by atoms with Crippen LogP contribution in [0.4, 0.5) is 0 Å². The zero-order valence-electron chi connectivity index (χ0n) is 23.7. The minimum Gasteiger partial charge on any atom is -0.497 e. The molecule has 2 N–H and O–H groups in total. The first kappa shape index (κ1) is 29.5. The van der Waals surface area contributed by atoms with Gasteiger partial charge in [0.05, 0.1) is 31.5 Å². The fourth-order valence-electron chi connectivity index (χ4n) is 5.26. The highest BCUT2D eigenvalue weighted by Crippen LogP contribution is 2.34. The van der Waals surface area contributed by atoms with Gasteiger partial charge in [0.2, 0.25) is 11.7 Å². The van der Waals surface area contributed by atoms with Crippen molar-refractivity contribution in [3.8, 4) is 5.75 Å². The zero-order chi connectivity index (χ0) is 28.9. The second-order valence-electron chi connectivity index (χ2n) is 11.3. The average molecular weight is 554 g/mol. The van der Waals surface area contributed by atoms with Gasteiger partial charge in [0.15, 0.2) is 11.6 Å². The van der Waals surface area contributed by atoms with E-state index in [-0.39, 0.29) is 36.1 Å². The Kier molecular flexibility index (Phi) is 9.40. The van der Waals surface area contributed by atoms with Crippen molar-refractivity contribution in [2.45, 2.75) is 83.4 Å². The molecule has 4 rings (SSSR count). The molecule has 2 heterocycles. The number of carbonyl (C=O) groups excluding carboxylic acids is 4. The Morgan fingerprint density at radius 2 is 1.80 bits per heavy atom. The Balaban J connectivity index is 1.48. The van der Waals surface area contributed by atoms with E-state index < -0.39 is 29.5 Å². The highest BCUT2D eigenvalue weighted by Gasteiger charge is 2.50. The summed E-state index contributed by atoms with van der Waals surface area (Å²) in [5, 5.41) is 9.32. The number of methoxy groups -OCH3 is 1. The monoisotopic (exact) mass is 553 g/mol. The van der Waals surface area contributed by atoms with Crippen LogP contribution in [0.1, 0.15) is 74.2 Å². The molecule has 2 fully saturated rings. The first-order valence-corrected chi connectivity index (χ1v) is 14.0. The molecule has 2 amide bonds. The summed E-state index contributed by atoms with van der Waals surface area (Å²) in [6.45, 7) is 5.36. The molecule has 1 aromatic carbocycles. The van der Waals surface area contributed by atoms with Crippen molar-refractivity contribution in [3.05, 3.63) is 47.3 Å². The molecule has 1 aliphatic carbocycles. The predicted octanol–water partition coefficient (Wildman–Crippen LogP) is 3.35. The predicted molar refractivity (Wildman–Crippen MR) is 146 cm³/mol. The molecule has 2 aliphatic rings. The third-order valence-corrected chi connectivity index (χ3v) is 7.92. The molecule has 4 atom stereocenters. The number of nitrogens with one attached hydrogen (secondary N) is 2. The van der Waals surface area contributed by atoms with Gasteiger partial charge in [-0.3, -0.25) is 19.2 Å². The average Bonchev–Trinajstić information content (AvgIpc) is 3.28. The van der Waals surface area contributed by atoms with Crippen LogP contribution >= 0.6 is 0 Å². The van der Waals surface area contributed by atoms with E-state index in [1.54, 1.807) is 40.0 Å². The summed E-state index contributed by atoms with van der Waals surface area (Å²) in [4.78, 5) is 52.8. The molecule has 1 saturated carbocycles. The van der Waals surface area contributed by atoms with E-state index >= 15 is 0 Å². The van der Waals surface area contributed by atoms with Crippen LogP contribution in [0.3, 0.4) is 0 Å². The third-order valence-electron chi connectivity index (χ3n) is 7.92. The lowest BCUT2D eigenvalue weighted by Crippen LogP contribution is -2.49. The Bertz CT molecular complexity index is 1210. The van der Waals surface area contributed by atoms with Gasteiger partial charge in [-0.05, 0) is 57.2 Å². The number of carbonyl (C=O) groups is 4. The number of epoxide rings is 1. The standard InChI is InChI=1S/C30H39N3O7/c1-18-13-26(40-33-18)29(37)31-19(2)25(34)16-22(14-21-9-11-23(38-4)12-10-21)28(36)32-24(15-20-7-5-6-8-20)27(35)30(3)17-39-30/h9-13,19-20,22,24H,5-8,14-17H2,1-4H3,(H,31,37)(H,32,36)/t19-,22+,24-,30+/m0/s1. The molecule has 1 saturated heterocycles. The van der Waals surface area contributed by atoms with E-state index in [1.165, 1.54) is 6.07 Å². The summed E-state index contributed by atoms with van der Waals surface area (Å²) in [6.07, 6.45) is 5.04. The van der Waals surface area contributed by atoms with E-state index in [4.69, 9.17) is 14.0 Å². The van der Waals surface area contributed by atoms with Gasteiger partial charge in [0.1, 0.15) is 11.4 Å². The molecule has 0 bridgehead atoms. The van der Waals surface area contributed by atoms with Crippen molar-refractivity contribution in [3.63, 3.8) is 0 Å². The highest BCUT2D eigenvalue weighted by molar-refractivity contribution is 5.99. The van der Waals surface area contributed by atoms with Crippen molar-refractivity contribution >= 4 is 23.4 Å². The fraction of sp³-hybridized carbons (Fsp3) is 0.567. The minimum atomic E-state index is -0.865. The lowest BCUT2D eigenvalue weighted by molar-refractivity contribution is -0.134. The van der Waals surface area contributed by atoms with Crippen molar-refractivity contribution in [2.24, 2.45) is 11.8 Å². The first-order chi connectivity index (χ1) is 19.1. The number of hydrogen-bond acceptors (Lipinski definition) is 8. The Labute approximate surface area is 234 Å². The van der Waals surface area contributed by atoms with Gasteiger partial charge in [-0.1, -0.05) is 43.0 Å². The molecule has 10 nitrogen and oxygen atoms in total. The summed E-state index contributed by atoms with van der Waals surface area (Å²) in [6, 6.07) is 7.24. The van der Waals surface area contributed by atoms with Crippen LogP contribution < -0.4 is 15.4 Å². The molecule has 1 aliphatic heterocycles. The van der Waals surface area contributed by atoms with Crippen molar-refractivity contribution < 1.29 is 33.2 Å². The van der Waals surface area contributed by atoms with E-state index in [1.807, 2.05) is 12.1 Å². The lowest BCUT2D eigenvalue weighted by Gasteiger charge is -2.26. The van der Waals surface area contributed by atoms with Crippen LogP contribution in [0.15, 0.2) is 34.9 Å². The first-order valence-electron chi connectivity index (χ1n) is 14.0. The maximum absolute atomic E-state index is 13.7. The highest BCUT2D eigenvalue weighted by atomic mass is 16.6. The van der Waals surface area contributed by atoms with Crippen molar-refractivity contribution in [2.75, 3.05) is 13.7 Å². The summed E-state index contributed by atoms with van der Waals surface area (Å²) >= 11 is 0. The topological polar surface area (TPSA) is 140 Å². The molecule has 2 aromatic rings. The van der Waals surface area contributed by atoms with Crippen LogP contribution in [0.5, 0.6) is 5.75 Å². The number of nitrogens with zero attached hydrogens (tertiary/aromatic N) is 1. The molecule has 0 radical (unpaired) electrons. The molecule has 216 valence electrons. The quantitative estimate of drug-likeness (QED) is 0.340. The summed E-state index contributed by atoms with van der Waals surface area (Å²) in [5.74, 6) is -1.05. The lowest BCUT2D eigenvalue weighted by atomic mass is 9.88. The van der Waals surface area contributed by atoms with Gasteiger partial charge in [-0.2, -0.15) is 0 Å². The van der Waals surface area contributed by atoms with Crippen molar-refractivity contribution in [1.82, 2.24) is 15.8 Å². The van der Waals surface area contributed by atoms with Gasteiger partial charge < -0.3 is 24.6 Å². The maximum atomic E-state index is 13.7. The Morgan fingerprint density at radius 3 is 2.38 bits per heavy atom. The number of aryl methyl sites for hydroxylation is 1. The van der Waals surface area contributed by atoms with Gasteiger partial charge in [0, 0.05) is 18.4 Å². The number of ketones is 2. The molecular formula is C30H39N3O7. The van der Waals surface area contributed by atoms with E-state index in [0.717, 1.165) is 31.2 Å². The summed E-state index contributed by atoms with van der Waals surface area (Å²) in [7, 11) is 1.57. The molecule has 0 unspecified atom stereocenters. The number of amides is 2. The normalized spacial score (nSPS) is 20.8. The Morgan fingerprint density at radius 1 is 1.12 bits per heavy atom. The molecule has 0 spiro atoms. The SMILES string of the molecule is COc1ccc(C[C@H](CC(=O)[C@H](C)NC(=O)c2cc(C)no2)C(=O)N[C@@H](CC2CCCC2)C(=O)[C@@]2(C)CO2)cc1. The van der Waals surface area contributed by atoms with Crippen LogP contribution in [0.2, 0.25) is 0 Å². The molecule has 40 heavy (non-hydrogen) atoms. The maximum Gasteiger partial charge on any atom is 0.290 e. The second-order valence-corrected chi connectivity index (χ2v) is 11.3. The van der Waals surface area contributed by atoms with Crippen LogP contribution in [-0.2, 0) is 25.5 Å². The molecular weight excluding hydrogens is 514 g/mol. The number of aromatic nitrogens is 1. The van der Waals surface area contributed by atoms with Crippen LogP contribution in [0.25, 0.3) is 0 Å². The molecule has 1 aromatic heterocycles. The van der Waals surface area contributed by atoms with E-state index in [9.17, 15) is 19.2 Å². The zero-order valence-corrected chi connectivity index (χ0v) is 23.7. The van der Waals surface area contributed by atoms with Gasteiger partial charge in [0.25, 0.3) is 5.91 Å². The Hall–Kier alpha value is -3.53. The van der Waals surface area contributed by atoms with Gasteiger partial charge in [-0.15, -0.1) is 0 Å². The van der Waals surface area contributed by atoms with Crippen LogP contribution in [0, 0.1) is 18.8 Å². The number of hydrogen-bond donors (Lipinski definition) is 2. The number of ether oxygens (including phenoxy) is 2. The second kappa shape index (κ2) is 12.8. The van der Waals surface area contributed by atoms with Crippen molar-refractivity contribution in [1.29, 1.82) is 0 Å². The minimum absolute atomic E-state index is 0.00809. The fourth-order valence-corrected chi connectivity index (χ4v) is 5.26. The van der Waals surface area contributed by atoms with E-state index in [0.29, 0.717) is 30.4 Å². The van der Waals surface area contributed by atoms with Crippen LogP contribution in [-0.4, -0.2) is 59.9 Å². The largest absolute Gasteiger partial charge is 0.497 e. The summed E-state index contributed by atoms with van der Waals surface area (Å²) < 4.78 is 15.6. The van der Waals surface area contributed by atoms with E-state index in [2.05, 4.69) is 15.8 Å². The number of Topliss-reactive ketones (excluding diaryl/α,β-unsaturated/α-hetero) is 2. The van der Waals surface area contributed by atoms with Gasteiger partial charge in [-0.25, -0.2) is 0 Å². The third kappa shape index (κ3) is 7.56. The molecule has 10 heteroatoms. The summed E-state index contributed by atoms with van der Waals surface area (Å²) in [5.41, 5.74) is 0.529. The number of benzene rings is 1. The van der Waals surface area contributed by atoms with Gasteiger partial charge >= 0.3 is 0 Å². The number of rotatable bonds is 14. The smallest absolute Gasteiger partial charge is 0.290 e.